The fourth-order valence-corrected chi connectivity index (χ4v) is 2.90. The largest absolute Gasteiger partial charge is 0.370 e. The first kappa shape index (κ1) is 12.1. The quantitative estimate of drug-likeness (QED) is 0.826. The van der Waals surface area contributed by atoms with E-state index in [0.717, 1.165) is 44.2 Å². The van der Waals surface area contributed by atoms with Gasteiger partial charge in [0.2, 0.25) is 0 Å². The lowest BCUT2D eigenvalue weighted by Crippen LogP contribution is -2.41. The van der Waals surface area contributed by atoms with Gasteiger partial charge in [-0.1, -0.05) is 20.8 Å². The highest BCUT2D eigenvalue weighted by Crippen LogP contribution is 2.36. The highest BCUT2D eigenvalue weighted by Gasteiger charge is 2.35. The van der Waals surface area contributed by atoms with Crippen LogP contribution in [0.2, 0.25) is 0 Å². The van der Waals surface area contributed by atoms with Crippen molar-refractivity contribution in [1.82, 2.24) is 20.1 Å². The second-order valence-electron chi connectivity index (χ2n) is 6.32. The SMILES string of the molecule is CC(C)(C)C1NCCn2c(C3CCCO3)nnc21. The number of fused-ring (bicyclic) bond motifs is 1. The van der Waals surface area contributed by atoms with E-state index in [1.165, 1.54) is 0 Å². The van der Waals surface area contributed by atoms with Gasteiger partial charge >= 0.3 is 0 Å². The Morgan fingerprint density at radius 2 is 2.06 bits per heavy atom. The molecule has 100 valence electrons. The molecular formula is C13H22N4O. The first-order valence-electron chi connectivity index (χ1n) is 6.85. The second kappa shape index (κ2) is 4.31. The van der Waals surface area contributed by atoms with Gasteiger partial charge in [-0.2, -0.15) is 0 Å². The minimum absolute atomic E-state index is 0.152. The molecule has 3 rings (SSSR count). The topological polar surface area (TPSA) is 52.0 Å². The van der Waals surface area contributed by atoms with Gasteiger partial charge in [0, 0.05) is 19.7 Å². The lowest BCUT2D eigenvalue weighted by molar-refractivity contribution is 0.0998. The van der Waals surface area contributed by atoms with Crippen LogP contribution < -0.4 is 5.32 Å². The van der Waals surface area contributed by atoms with Crippen LogP contribution in [0.5, 0.6) is 0 Å². The van der Waals surface area contributed by atoms with Crippen LogP contribution in [-0.2, 0) is 11.3 Å². The molecule has 0 aromatic carbocycles. The fraction of sp³-hybridized carbons (Fsp3) is 0.846. The third kappa shape index (κ3) is 1.95. The second-order valence-corrected chi connectivity index (χ2v) is 6.32. The highest BCUT2D eigenvalue weighted by atomic mass is 16.5. The van der Waals surface area contributed by atoms with E-state index in [0.29, 0.717) is 0 Å². The maximum absolute atomic E-state index is 5.74. The molecule has 0 radical (unpaired) electrons. The van der Waals surface area contributed by atoms with Gasteiger partial charge in [-0.25, -0.2) is 0 Å². The Morgan fingerprint density at radius 3 is 2.72 bits per heavy atom. The van der Waals surface area contributed by atoms with Crippen molar-refractivity contribution < 1.29 is 4.74 Å². The standard InChI is InChI=1S/C13H22N4O/c1-13(2,3)10-12-16-15-11(9-5-4-8-18-9)17(12)7-6-14-10/h9-10,14H,4-8H2,1-3H3. The molecule has 0 spiro atoms. The number of ether oxygens (including phenoxy) is 1. The van der Waals surface area contributed by atoms with E-state index < -0.39 is 0 Å². The molecular weight excluding hydrogens is 228 g/mol. The Labute approximate surface area is 108 Å². The van der Waals surface area contributed by atoms with Gasteiger partial charge in [0.1, 0.15) is 6.10 Å². The van der Waals surface area contributed by atoms with Gasteiger partial charge in [0.15, 0.2) is 11.6 Å². The van der Waals surface area contributed by atoms with E-state index in [4.69, 9.17) is 4.74 Å². The fourth-order valence-electron chi connectivity index (χ4n) is 2.90. The molecule has 1 aromatic rings. The monoisotopic (exact) mass is 250 g/mol. The van der Waals surface area contributed by atoms with E-state index in [1.807, 2.05) is 0 Å². The Bertz CT molecular complexity index is 429. The molecule has 0 aliphatic carbocycles. The van der Waals surface area contributed by atoms with Gasteiger partial charge < -0.3 is 14.6 Å². The van der Waals surface area contributed by atoms with E-state index in [-0.39, 0.29) is 17.6 Å². The highest BCUT2D eigenvalue weighted by molar-refractivity contribution is 5.09. The van der Waals surface area contributed by atoms with Crippen LogP contribution in [-0.4, -0.2) is 27.9 Å². The summed E-state index contributed by atoms with van der Waals surface area (Å²) in [6, 6.07) is 0.272. The molecule has 18 heavy (non-hydrogen) atoms. The Balaban J connectivity index is 1.95. The average molecular weight is 250 g/mol. The van der Waals surface area contributed by atoms with Crippen LogP contribution in [0.3, 0.4) is 0 Å². The summed E-state index contributed by atoms with van der Waals surface area (Å²) in [6.45, 7) is 9.49. The molecule has 1 saturated heterocycles. The summed E-state index contributed by atoms with van der Waals surface area (Å²) in [6.07, 6.45) is 2.37. The zero-order chi connectivity index (χ0) is 12.8. The van der Waals surface area contributed by atoms with Crippen molar-refractivity contribution in [3.05, 3.63) is 11.6 Å². The maximum atomic E-state index is 5.74. The minimum Gasteiger partial charge on any atom is -0.370 e. The molecule has 5 heteroatoms. The van der Waals surface area contributed by atoms with E-state index in [1.54, 1.807) is 0 Å². The van der Waals surface area contributed by atoms with Crippen molar-refractivity contribution in [1.29, 1.82) is 0 Å². The van der Waals surface area contributed by atoms with E-state index >= 15 is 0 Å². The molecule has 1 aromatic heterocycles. The zero-order valence-corrected chi connectivity index (χ0v) is 11.4. The molecule has 2 aliphatic rings. The Hall–Kier alpha value is -0.940. The molecule has 2 atom stereocenters. The van der Waals surface area contributed by atoms with Crippen LogP contribution in [0.1, 0.15) is 57.4 Å². The normalized spacial score (nSPS) is 28.4. The average Bonchev–Trinajstić information content (AvgIpc) is 2.95. The van der Waals surface area contributed by atoms with Crippen molar-refractivity contribution in [3.8, 4) is 0 Å². The summed E-state index contributed by atoms with van der Waals surface area (Å²) in [5.74, 6) is 2.09. The summed E-state index contributed by atoms with van der Waals surface area (Å²) >= 11 is 0. The molecule has 3 heterocycles. The van der Waals surface area contributed by atoms with Gasteiger partial charge in [0.05, 0.1) is 6.04 Å². The third-order valence-corrected chi connectivity index (χ3v) is 3.83. The summed E-state index contributed by atoms with van der Waals surface area (Å²) in [7, 11) is 0. The van der Waals surface area contributed by atoms with Crippen LogP contribution in [0, 0.1) is 5.41 Å². The predicted octanol–water partition coefficient (Wildman–Crippen LogP) is 1.82. The molecule has 2 unspecified atom stereocenters. The number of aromatic nitrogens is 3. The summed E-state index contributed by atoms with van der Waals surface area (Å²) in [5.41, 5.74) is 0.152. The third-order valence-electron chi connectivity index (χ3n) is 3.83. The number of rotatable bonds is 1. The zero-order valence-electron chi connectivity index (χ0n) is 11.4. The molecule has 0 saturated carbocycles. The summed E-state index contributed by atoms with van der Waals surface area (Å²) in [5, 5.41) is 12.4. The van der Waals surface area contributed by atoms with Crippen molar-refractivity contribution in [2.45, 2.75) is 52.3 Å². The minimum atomic E-state index is 0.152. The number of hydrogen-bond acceptors (Lipinski definition) is 4. The molecule has 5 nitrogen and oxygen atoms in total. The smallest absolute Gasteiger partial charge is 0.162 e. The van der Waals surface area contributed by atoms with Gasteiger partial charge in [-0.15, -0.1) is 10.2 Å². The predicted molar refractivity (Wildman–Crippen MR) is 68.1 cm³/mol. The first-order valence-corrected chi connectivity index (χ1v) is 6.85. The van der Waals surface area contributed by atoms with Crippen molar-refractivity contribution in [3.63, 3.8) is 0 Å². The number of nitrogens with one attached hydrogen (secondary N) is 1. The van der Waals surface area contributed by atoms with Crippen molar-refractivity contribution in [2.24, 2.45) is 5.41 Å². The van der Waals surface area contributed by atoms with Crippen LogP contribution in [0.15, 0.2) is 0 Å². The summed E-state index contributed by atoms with van der Waals surface area (Å²) < 4.78 is 8.01. The van der Waals surface area contributed by atoms with Gasteiger partial charge in [0.25, 0.3) is 0 Å². The number of nitrogens with zero attached hydrogens (tertiary/aromatic N) is 3. The van der Waals surface area contributed by atoms with Crippen molar-refractivity contribution >= 4 is 0 Å². The van der Waals surface area contributed by atoms with Crippen molar-refractivity contribution in [2.75, 3.05) is 13.2 Å². The molecule has 0 amide bonds. The first-order chi connectivity index (χ1) is 8.57. The van der Waals surface area contributed by atoms with Crippen LogP contribution in [0.25, 0.3) is 0 Å². The van der Waals surface area contributed by atoms with Gasteiger partial charge in [-0.3, -0.25) is 0 Å². The van der Waals surface area contributed by atoms with E-state index in [2.05, 4.69) is 40.9 Å². The number of hydrogen-bond donors (Lipinski definition) is 1. The molecule has 1 fully saturated rings. The van der Waals surface area contributed by atoms with Gasteiger partial charge in [-0.05, 0) is 18.3 Å². The lowest BCUT2D eigenvalue weighted by atomic mass is 9.85. The molecule has 2 aliphatic heterocycles. The van der Waals surface area contributed by atoms with Crippen LogP contribution >= 0.6 is 0 Å². The molecule has 1 N–H and O–H groups in total. The molecule has 0 bridgehead atoms. The lowest BCUT2D eigenvalue weighted by Gasteiger charge is -2.34. The Morgan fingerprint density at radius 1 is 1.28 bits per heavy atom. The maximum Gasteiger partial charge on any atom is 0.162 e. The Kier molecular flexibility index (Phi) is 2.90. The van der Waals surface area contributed by atoms with E-state index in [9.17, 15) is 0 Å². The van der Waals surface area contributed by atoms with Crippen LogP contribution in [0.4, 0.5) is 0 Å². The summed E-state index contributed by atoms with van der Waals surface area (Å²) in [4.78, 5) is 0.